The Bertz CT molecular complexity index is 294. The number of methoxy groups -OCH3 is 1. The summed E-state index contributed by atoms with van der Waals surface area (Å²) in [6.07, 6.45) is 2.27. The Kier molecular flexibility index (Phi) is 3.60. The lowest BCUT2D eigenvalue weighted by molar-refractivity contribution is -0.136. The van der Waals surface area contributed by atoms with Gasteiger partial charge in [0.1, 0.15) is 5.60 Å². The van der Waals surface area contributed by atoms with E-state index in [0.29, 0.717) is 11.6 Å². The van der Waals surface area contributed by atoms with Crippen LogP contribution in [0.3, 0.4) is 0 Å². The van der Waals surface area contributed by atoms with Gasteiger partial charge in [0, 0.05) is 18.7 Å². The van der Waals surface area contributed by atoms with Gasteiger partial charge in [-0.3, -0.25) is 10.1 Å². The first kappa shape index (κ1) is 11.1. The zero-order valence-corrected chi connectivity index (χ0v) is 9.35. The molecule has 1 amide bonds. The summed E-state index contributed by atoms with van der Waals surface area (Å²) >= 11 is 1.39. The molecule has 0 fully saturated rings. The van der Waals surface area contributed by atoms with Crippen molar-refractivity contribution in [2.45, 2.75) is 25.9 Å². The van der Waals surface area contributed by atoms with Crippen LogP contribution in [0.15, 0.2) is 11.6 Å². The van der Waals surface area contributed by atoms with E-state index >= 15 is 0 Å². The highest BCUT2D eigenvalue weighted by Crippen LogP contribution is 2.18. The molecule has 1 N–H and O–H groups in total. The number of carbonyl (C=O) groups excluding carboxylic acids is 1. The van der Waals surface area contributed by atoms with Gasteiger partial charge in [-0.2, -0.15) is 0 Å². The van der Waals surface area contributed by atoms with Gasteiger partial charge in [0.25, 0.3) is 5.91 Å². The molecule has 0 aliphatic rings. The van der Waals surface area contributed by atoms with Crippen molar-refractivity contribution >= 4 is 22.4 Å². The lowest BCUT2D eigenvalue weighted by Gasteiger charge is -2.24. The fourth-order valence-electron chi connectivity index (χ4n) is 0.912. The Morgan fingerprint density at radius 3 is 2.93 bits per heavy atom. The van der Waals surface area contributed by atoms with Crippen LogP contribution in [0.4, 0.5) is 5.13 Å². The van der Waals surface area contributed by atoms with Crippen LogP contribution in [-0.4, -0.2) is 23.6 Å². The van der Waals surface area contributed by atoms with Gasteiger partial charge in [-0.25, -0.2) is 4.98 Å². The first-order valence-corrected chi connectivity index (χ1v) is 5.26. The molecule has 1 heterocycles. The van der Waals surface area contributed by atoms with Crippen molar-refractivity contribution in [3.63, 3.8) is 0 Å². The van der Waals surface area contributed by atoms with Crippen LogP contribution in [0.1, 0.15) is 20.3 Å². The van der Waals surface area contributed by atoms with E-state index in [0.717, 1.165) is 0 Å². The van der Waals surface area contributed by atoms with Crippen LogP contribution in [0.5, 0.6) is 0 Å². The van der Waals surface area contributed by atoms with Crippen molar-refractivity contribution in [2.24, 2.45) is 0 Å². The van der Waals surface area contributed by atoms with Crippen LogP contribution >= 0.6 is 11.3 Å². The molecule has 1 aromatic rings. The second-order valence-electron chi connectivity index (χ2n) is 3.08. The Labute approximate surface area is 87.3 Å². The number of hydrogen-bond donors (Lipinski definition) is 1. The zero-order valence-electron chi connectivity index (χ0n) is 8.53. The molecule has 0 radical (unpaired) electrons. The molecule has 1 unspecified atom stereocenters. The van der Waals surface area contributed by atoms with Crippen molar-refractivity contribution < 1.29 is 9.53 Å². The van der Waals surface area contributed by atoms with E-state index in [4.69, 9.17) is 4.74 Å². The normalized spacial score (nSPS) is 14.8. The van der Waals surface area contributed by atoms with Crippen LogP contribution in [-0.2, 0) is 9.53 Å². The van der Waals surface area contributed by atoms with E-state index in [2.05, 4.69) is 10.3 Å². The molecule has 0 spiro atoms. The van der Waals surface area contributed by atoms with Crippen molar-refractivity contribution in [1.82, 2.24) is 4.98 Å². The molecule has 1 atom stereocenters. The third-order valence-corrected chi connectivity index (χ3v) is 2.95. The molecule has 14 heavy (non-hydrogen) atoms. The fourth-order valence-corrected chi connectivity index (χ4v) is 1.44. The maximum Gasteiger partial charge on any atom is 0.258 e. The standard InChI is InChI=1S/C9H14N2O2S/c1-4-9(2,13-3)7(12)11-8-10-5-6-14-8/h5-6H,4H2,1-3H3,(H,10,11,12). The topological polar surface area (TPSA) is 51.2 Å². The highest BCUT2D eigenvalue weighted by Gasteiger charge is 2.31. The van der Waals surface area contributed by atoms with E-state index in [1.54, 1.807) is 13.1 Å². The van der Waals surface area contributed by atoms with Crippen molar-refractivity contribution in [3.05, 3.63) is 11.6 Å². The number of hydrogen-bond acceptors (Lipinski definition) is 4. The van der Waals surface area contributed by atoms with Gasteiger partial charge >= 0.3 is 0 Å². The number of nitrogens with zero attached hydrogens (tertiary/aromatic N) is 1. The molecule has 78 valence electrons. The summed E-state index contributed by atoms with van der Waals surface area (Å²) in [5.41, 5.74) is -0.772. The minimum absolute atomic E-state index is 0.155. The number of carbonyl (C=O) groups is 1. The number of thiazole rings is 1. The zero-order chi connectivity index (χ0) is 10.6. The van der Waals surface area contributed by atoms with E-state index in [-0.39, 0.29) is 5.91 Å². The molecule has 1 rings (SSSR count). The van der Waals surface area contributed by atoms with Gasteiger partial charge in [-0.15, -0.1) is 11.3 Å². The number of amides is 1. The summed E-state index contributed by atoms with van der Waals surface area (Å²) < 4.78 is 5.16. The summed E-state index contributed by atoms with van der Waals surface area (Å²) in [6.45, 7) is 3.67. The molecule has 1 aromatic heterocycles. The van der Waals surface area contributed by atoms with Crippen LogP contribution in [0.25, 0.3) is 0 Å². The number of ether oxygens (including phenoxy) is 1. The summed E-state index contributed by atoms with van der Waals surface area (Å²) in [4.78, 5) is 15.7. The summed E-state index contributed by atoms with van der Waals surface area (Å²) in [6, 6.07) is 0. The van der Waals surface area contributed by atoms with Crippen LogP contribution in [0, 0.1) is 0 Å². The molecule has 0 aliphatic carbocycles. The minimum atomic E-state index is -0.772. The average molecular weight is 214 g/mol. The van der Waals surface area contributed by atoms with Crippen LogP contribution < -0.4 is 5.32 Å². The van der Waals surface area contributed by atoms with Crippen molar-refractivity contribution in [1.29, 1.82) is 0 Å². The first-order valence-electron chi connectivity index (χ1n) is 4.38. The minimum Gasteiger partial charge on any atom is -0.369 e. The monoisotopic (exact) mass is 214 g/mol. The molecule has 0 aliphatic heterocycles. The van der Waals surface area contributed by atoms with Crippen molar-refractivity contribution in [3.8, 4) is 0 Å². The second kappa shape index (κ2) is 4.52. The Balaban J connectivity index is 2.66. The molecule has 0 saturated carbocycles. The van der Waals surface area contributed by atoms with E-state index in [9.17, 15) is 4.79 Å². The molecular weight excluding hydrogens is 200 g/mol. The lowest BCUT2D eigenvalue weighted by Crippen LogP contribution is -2.41. The van der Waals surface area contributed by atoms with Gasteiger partial charge in [-0.05, 0) is 13.3 Å². The molecule has 0 bridgehead atoms. The molecule has 0 saturated heterocycles. The van der Waals surface area contributed by atoms with E-state index in [1.807, 2.05) is 12.3 Å². The van der Waals surface area contributed by atoms with Crippen molar-refractivity contribution in [2.75, 3.05) is 12.4 Å². The summed E-state index contributed by atoms with van der Waals surface area (Å²) in [5.74, 6) is -0.155. The number of rotatable bonds is 4. The fraction of sp³-hybridized carbons (Fsp3) is 0.556. The predicted molar refractivity (Wildman–Crippen MR) is 56.4 cm³/mol. The number of nitrogens with one attached hydrogen (secondary N) is 1. The average Bonchev–Trinajstić information content (AvgIpc) is 2.69. The third kappa shape index (κ3) is 2.30. The number of anilines is 1. The summed E-state index contributed by atoms with van der Waals surface area (Å²) in [5, 5.41) is 5.12. The Hall–Kier alpha value is -0.940. The third-order valence-electron chi connectivity index (χ3n) is 2.26. The molecule has 4 nitrogen and oxygen atoms in total. The van der Waals surface area contributed by atoms with Gasteiger partial charge in [0.2, 0.25) is 0 Å². The lowest BCUT2D eigenvalue weighted by atomic mass is 10.0. The highest BCUT2D eigenvalue weighted by molar-refractivity contribution is 7.13. The number of aromatic nitrogens is 1. The molecular formula is C9H14N2O2S. The van der Waals surface area contributed by atoms with E-state index < -0.39 is 5.60 Å². The molecule has 0 aromatic carbocycles. The quantitative estimate of drug-likeness (QED) is 0.832. The maximum atomic E-state index is 11.7. The van der Waals surface area contributed by atoms with Gasteiger partial charge in [-0.1, -0.05) is 6.92 Å². The largest absolute Gasteiger partial charge is 0.369 e. The SMILES string of the molecule is CCC(C)(OC)C(=O)Nc1nccs1. The molecule has 5 heteroatoms. The van der Waals surface area contributed by atoms with E-state index in [1.165, 1.54) is 18.4 Å². The smallest absolute Gasteiger partial charge is 0.258 e. The van der Waals surface area contributed by atoms with Crippen LogP contribution in [0.2, 0.25) is 0 Å². The highest BCUT2D eigenvalue weighted by atomic mass is 32.1. The maximum absolute atomic E-state index is 11.7. The van der Waals surface area contributed by atoms with Gasteiger partial charge < -0.3 is 4.74 Å². The Morgan fingerprint density at radius 1 is 1.79 bits per heavy atom. The Morgan fingerprint density at radius 2 is 2.50 bits per heavy atom. The summed E-state index contributed by atoms with van der Waals surface area (Å²) in [7, 11) is 1.53. The van der Waals surface area contributed by atoms with Gasteiger partial charge in [0.05, 0.1) is 0 Å². The predicted octanol–water partition coefficient (Wildman–Crippen LogP) is 1.90. The second-order valence-corrected chi connectivity index (χ2v) is 3.97. The first-order chi connectivity index (χ1) is 6.62. The van der Waals surface area contributed by atoms with Gasteiger partial charge in [0.15, 0.2) is 5.13 Å².